The first-order valence-corrected chi connectivity index (χ1v) is 6.77. The van der Waals surface area contributed by atoms with Crippen LogP contribution in [0.2, 0.25) is 0 Å². The summed E-state index contributed by atoms with van der Waals surface area (Å²) < 4.78 is 0. The average Bonchev–Trinajstić information content (AvgIpc) is 2.84. The lowest BCUT2D eigenvalue weighted by atomic mass is 10.0. The first-order valence-electron chi connectivity index (χ1n) is 6.77. The second kappa shape index (κ2) is 5.31. The normalized spacial score (nSPS) is 26.2. The number of nitrogens with one attached hydrogen (secondary N) is 2. The summed E-state index contributed by atoms with van der Waals surface area (Å²) in [5.74, 6) is 0. The van der Waals surface area contributed by atoms with E-state index in [0.29, 0.717) is 5.54 Å². The maximum atomic E-state index is 3.72. The lowest BCUT2D eigenvalue weighted by Gasteiger charge is -2.26. The third kappa shape index (κ3) is 3.46. The van der Waals surface area contributed by atoms with Gasteiger partial charge in [-0.05, 0) is 32.6 Å². The molecule has 2 rings (SSSR count). The third-order valence-corrected chi connectivity index (χ3v) is 4.17. The van der Waals surface area contributed by atoms with Gasteiger partial charge in [-0.25, -0.2) is 0 Å². The molecule has 2 nitrogen and oxygen atoms in total. The van der Waals surface area contributed by atoms with Crippen molar-refractivity contribution >= 4 is 0 Å². The van der Waals surface area contributed by atoms with Crippen molar-refractivity contribution in [3.8, 4) is 0 Å². The molecule has 2 saturated carbocycles. The topological polar surface area (TPSA) is 24.1 Å². The molecule has 0 unspecified atom stereocenters. The van der Waals surface area contributed by atoms with Crippen LogP contribution in [0.25, 0.3) is 0 Å². The minimum Gasteiger partial charge on any atom is -0.313 e. The van der Waals surface area contributed by atoms with E-state index in [0.717, 1.165) is 19.1 Å². The quantitative estimate of drug-likeness (QED) is 0.681. The van der Waals surface area contributed by atoms with Gasteiger partial charge in [0, 0.05) is 24.7 Å². The largest absolute Gasteiger partial charge is 0.313 e. The second-order valence-corrected chi connectivity index (χ2v) is 5.63. The Hall–Kier alpha value is -0.0800. The van der Waals surface area contributed by atoms with Crippen LogP contribution in [0.1, 0.15) is 58.3 Å². The highest BCUT2D eigenvalue weighted by Crippen LogP contribution is 2.28. The second-order valence-electron chi connectivity index (χ2n) is 5.63. The summed E-state index contributed by atoms with van der Waals surface area (Å²) in [5, 5.41) is 7.38. The molecule has 2 aliphatic carbocycles. The Morgan fingerprint density at radius 2 is 1.67 bits per heavy atom. The molecule has 0 aliphatic heterocycles. The van der Waals surface area contributed by atoms with Crippen LogP contribution in [0, 0.1) is 0 Å². The molecule has 2 heteroatoms. The van der Waals surface area contributed by atoms with Crippen molar-refractivity contribution in [2.75, 3.05) is 13.1 Å². The molecule has 0 aromatic rings. The van der Waals surface area contributed by atoms with Gasteiger partial charge in [-0.2, -0.15) is 0 Å². The highest BCUT2D eigenvalue weighted by molar-refractivity contribution is 4.88. The lowest BCUT2D eigenvalue weighted by Crippen LogP contribution is -2.44. The minimum atomic E-state index is 0.456. The van der Waals surface area contributed by atoms with Crippen molar-refractivity contribution in [1.82, 2.24) is 10.6 Å². The lowest BCUT2D eigenvalue weighted by molar-refractivity contribution is 0.358. The van der Waals surface area contributed by atoms with Gasteiger partial charge in [0.15, 0.2) is 0 Å². The van der Waals surface area contributed by atoms with Gasteiger partial charge in [-0.15, -0.1) is 0 Å². The van der Waals surface area contributed by atoms with Crippen LogP contribution in [0.15, 0.2) is 0 Å². The number of rotatable bonds is 5. The van der Waals surface area contributed by atoms with Gasteiger partial charge in [-0.1, -0.05) is 25.7 Å². The molecule has 2 N–H and O–H groups in total. The molecule has 0 aromatic heterocycles. The van der Waals surface area contributed by atoms with E-state index in [1.54, 1.807) is 0 Å². The zero-order valence-electron chi connectivity index (χ0n) is 10.1. The van der Waals surface area contributed by atoms with E-state index in [-0.39, 0.29) is 0 Å². The molecule has 0 saturated heterocycles. The summed E-state index contributed by atoms with van der Waals surface area (Å²) in [4.78, 5) is 0. The molecule has 0 bridgehead atoms. The Morgan fingerprint density at radius 3 is 2.33 bits per heavy atom. The van der Waals surface area contributed by atoms with Gasteiger partial charge in [0.25, 0.3) is 0 Å². The molecular formula is C13H26N2. The summed E-state index contributed by atoms with van der Waals surface area (Å²) in [6, 6.07) is 0.822. The molecule has 0 radical (unpaired) electrons. The Morgan fingerprint density at radius 1 is 1.00 bits per heavy atom. The maximum Gasteiger partial charge on any atom is 0.0153 e. The van der Waals surface area contributed by atoms with E-state index in [1.165, 1.54) is 51.4 Å². The molecule has 2 fully saturated rings. The minimum absolute atomic E-state index is 0.456. The third-order valence-electron chi connectivity index (χ3n) is 4.17. The predicted octanol–water partition coefficient (Wildman–Crippen LogP) is 2.44. The van der Waals surface area contributed by atoms with Gasteiger partial charge in [0.05, 0.1) is 0 Å². The Kier molecular flexibility index (Phi) is 4.04. The van der Waals surface area contributed by atoms with Crippen molar-refractivity contribution in [3.05, 3.63) is 0 Å². The molecule has 2 aliphatic rings. The zero-order valence-corrected chi connectivity index (χ0v) is 10.1. The summed E-state index contributed by atoms with van der Waals surface area (Å²) >= 11 is 0. The Bertz CT molecular complexity index is 179. The van der Waals surface area contributed by atoms with E-state index in [1.807, 2.05) is 0 Å². The Balaban J connectivity index is 1.54. The smallest absolute Gasteiger partial charge is 0.0153 e. The maximum absolute atomic E-state index is 3.72. The summed E-state index contributed by atoms with van der Waals surface area (Å²) in [7, 11) is 0. The monoisotopic (exact) mass is 210 g/mol. The van der Waals surface area contributed by atoms with E-state index in [9.17, 15) is 0 Å². The van der Waals surface area contributed by atoms with Crippen LogP contribution in [-0.2, 0) is 0 Å². The molecule has 15 heavy (non-hydrogen) atoms. The van der Waals surface area contributed by atoms with Gasteiger partial charge in [0.1, 0.15) is 0 Å². The van der Waals surface area contributed by atoms with Crippen molar-refractivity contribution < 1.29 is 0 Å². The van der Waals surface area contributed by atoms with Crippen LogP contribution in [0.4, 0.5) is 0 Å². The molecule has 0 amide bonds. The van der Waals surface area contributed by atoms with E-state index in [2.05, 4.69) is 17.6 Å². The van der Waals surface area contributed by atoms with Crippen LogP contribution in [-0.4, -0.2) is 24.7 Å². The van der Waals surface area contributed by atoms with Gasteiger partial charge >= 0.3 is 0 Å². The molecule has 88 valence electrons. The van der Waals surface area contributed by atoms with Crippen LogP contribution >= 0.6 is 0 Å². The van der Waals surface area contributed by atoms with Crippen molar-refractivity contribution in [1.29, 1.82) is 0 Å². The number of hydrogen-bond donors (Lipinski definition) is 2. The van der Waals surface area contributed by atoms with E-state index in [4.69, 9.17) is 0 Å². The van der Waals surface area contributed by atoms with Crippen molar-refractivity contribution in [2.24, 2.45) is 0 Å². The van der Waals surface area contributed by atoms with Gasteiger partial charge < -0.3 is 10.6 Å². The highest BCUT2D eigenvalue weighted by Gasteiger charge is 2.27. The molecule has 0 aromatic carbocycles. The summed E-state index contributed by atoms with van der Waals surface area (Å²) in [6.45, 7) is 4.68. The summed E-state index contributed by atoms with van der Waals surface area (Å²) in [6.07, 6.45) is 11.2. The molecule has 0 atom stereocenters. The number of hydrogen-bond acceptors (Lipinski definition) is 2. The van der Waals surface area contributed by atoms with Gasteiger partial charge in [0.2, 0.25) is 0 Å². The molecule has 0 spiro atoms. The fourth-order valence-corrected chi connectivity index (χ4v) is 3.10. The predicted molar refractivity (Wildman–Crippen MR) is 65.1 cm³/mol. The fourth-order valence-electron chi connectivity index (χ4n) is 3.10. The molecular weight excluding hydrogens is 184 g/mol. The summed E-state index contributed by atoms with van der Waals surface area (Å²) in [5.41, 5.74) is 0.456. The first-order chi connectivity index (χ1) is 7.29. The van der Waals surface area contributed by atoms with Crippen molar-refractivity contribution in [2.45, 2.75) is 69.9 Å². The first kappa shape index (κ1) is 11.4. The SMILES string of the molecule is CC1(NCCNC2CCCC2)CCCC1. The van der Waals surface area contributed by atoms with Crippen LogP contribution in [0.5, 0.6) is 0 Å². The van der Waals surface area contributed by atoms with Crippen LogP contribution in [0.3, 0.4) is 0 Å². The van der Waals surface area contributed by atoms with E-state index < -0.39 is 0 Å². The van der Waals surface area contributed by atoms with Crippen LogP contribution < -0.4 is 10.6 Å². The highest BCUT2D eigenvalue weighted by atomic mass is 15.0. The standard InChI is InChI=1S/C13H26N2/c1-13(8-4-5-9-13)15-11-10-14-12-6-2-3-7-12/h12,14-15H,2-11H2,1H3. The molecule has 0 heterocycles. The zero-order chi connectivity index (χ0) is 10.6. The van der Waals surface area contributed by atoms with Crippen molar-refractivity contribution in [3.63, 3.8) is 0 Å². The Labute approximate surface area is 94.2 Å². The average molecular weight is 210 g/mol. The fraction of sp³-hybridized carbons (Fsp3) is 1.00. The van der Waals surface area contributed by atoms with Gasteiger partial charge in [-0.3, -0.25) is 0 Å². The van der Waals surface area contributed by atoms with E-state index >= 15 is 0 Å².